The minimum atomic E-state index is -4.47. The summed E-state index contributed by atoms with van der Waals surface area (Å²) in [6, 6.07) is 11.3. The highest BCUT2D eigenvalue weighted by Crippen LogP contribution is 2.33. The quantitative estimate of drug-likeness (QED) is 0.625. The molecule has 1 unspecified atom stereocenters. The van der Waals surface area contributed by atoms with Crippen molar-refractivity contribution < 1.29 is 27.2 Å². The van der Waals surface area contributed by atoms with Crippen LogP contribution in [0.1, 0.15) is 30.0 Å². The first kappa shape index (κ1) is 19.2. The van der Waals surface area contributed by atoms with Crippen LogP contribution in [0, 0.1) is 11.3 Å². The van der Waals surface area contributed by atoms with Crippen molar-refractivity contribution in [3.05, 3.63) is 59.5 Å². The molecule has 0 aliphatic rings. The Hall–Kier alpha value is -3.54. The number of rotatable bonds is 5. The molecule has 0 saturated carbocycles. The lowest BCUT2D eigenvalue weighted by Crippen LogP contribution is -2.05. The zero-order valence-electron chi connectivity index (χ0n) is 14.8. The summed E-state index contributed by atoms with van der Waals surface area (Å²) in [5.41, 5.74) is -0.225. The topological polar surface area (TPSA) is 81.2 Å². The fraction of sp³-hybridized carbons (Fsp3) is 0.211. The van der Waals surface area contributed by atoms with Crippen molar-refractivity contribution in [1.82, 2.24) is 10.1 Å². The second kappa shape index (κ2) is 7.60. The molecule has 0 N–H and O–H groups in total. The van der Waals surface area contributed by atoms with E-state index in [9.17, 15) is 13.2 Å². The number of alkyl halides is 3. The highest BCUT2D eigenvalue weighted by atomic mass is 19.4. The van der Waals surface area contributed by atoms with Gasteiger partial charge in [0, 0.05) is 11.6 Å². The number of nitrogens with zero attached hydrogens (tertiary/aromatic N) is 3. The number of benzene rings is 2. The summed E-state index contributed by atoms with van der Waals surface area (Å²) in [5.74, 6) is 0.804. The maximum Gasteiger partial charge on any atom is 0.416 e. The fourth-order valence-electron chi connectivity index (χ4n) is 2.43. The van der Waals surface area contributed by atoms with Gasteiger partial charge in [-0.2, -0.15) is 23.4 Å². The third-order valence-electron chi connectivity index (χ3n) is 3.83. The molecule has 2 aromatic carbocycles. The predicted molar refractivity (Wildman–Crippen MR) is 91.5 cm³/mol. The Labute approximate surface area is 158 Å². The zero-order valence-corrected chi connectivity index (χ0v) is 14.8. The van der Waals surface area contributed by atoms with E-state index in [1.807, 2.05) is 6.07 Å². The van der Waals surface area contributed by atoms with Crippen LogP contribution in [0.3, 0.4) is 0 Å². The van der Waals surface area contributed by atoms with E-state index < -0.39 is 17.8 Å². The van der Waals surface area contributed by atoms with Crippen LogP contribution in [0.4, 0.5) is 13.2 Å². The summed E-state index contributed by atoms with van der Waals surface area (Å²) in [6.07, 6.45) is -5.17. The molecule has 144 valence electrons. The van der Waals surface area contributed by atoms with Gasteiger partial charge in [-0.15, -0.1) is 0 Å². The smallest absolute Gasteiger partial charge is 0.416 e. The Morgan fingerprint density at radius 2 is 1.93 bits per heavy atom. The van der Waals surface area contributed by atoms with Crippen molar-refractivity contribution in [1.29, 1.82) is 5.26 Å². The number of ether oxygens (including phenoxy) is 2. The van der Waals surface area contributed by atoms with Gasteiger partial charge in [-0.25, -0.2) is 0 Å². The van der Waals surface area contributed by atoms with Gasteiger partial charge in [0.2, 0.25) is 5.82 Å². The molecule has 0 amide bonds. The van der Waals surface area contributed by atoms with Crippen LogP contribution in [0.2, 0.25) is 0 Å². The summed E-state index contributed by atoms with van der Waals surface area (Å²) in [7, 11) is 1.44. The minimum absolute atomic E-state index is 0.0170. The lowest BCUT2D eigenvalue weighted by molar-refractivity contribution is -0.137. The molecule has 28 heavy (non-hydrogen) atoms. The lowest BCUT2D eigenvalue weighted by Gasteiger charge is -2.14. The van der Waals surface area contributed by atoms with Gasteiger partial charge in [-0.1, -0.05) is 17.3 Å². The molecular weight excluding hydrogens is 375 g/mol. The summed E-state index contributed by atoms with van der Waals surface area (Å²) < 4.78 is 54.7. The van der Waals surface area contributed by atoms with E-state index in [2.05, 4.69) is 10.1 Å². The molecule has 1 heterocycles. The van der Waals surface area contributed by atoms with Crippen molar-refractivity contribution in [2.75, 3.05) is 7.11 Å². The Balaban J connectivity index is 1.82. The second-order valence-corrected chi connectivity index (χ2v) is 5.77. The van der Waals surface area contributed by atoms with Crippen molar-refractivity contribution in [2.24, 2.45) is 0 Å². The highest BCUT2D eigenvalue weighted by Gasteiger charge is 2.31. The number of halogens is 3. The Morgan fingerprint density at radius 3 is 2.61 bits per heavy atom. The minimum Gasteiger partial charge on any atom is -0.493 e. The molecule has 1 atom stereocenters. The van der Waals surface area contributed by atoms with Gasteiger partial charge in [0.1, 0.15) is 0 Å². The average molecular weight is 389 g/mol. The fourth-order valence-corrected chi connectivity index (χ4v) is 2.43. The van der Waals surface area contributed by atoms with Gasteiger partial charge in [-0.05, 0) is 31.2 Å². The Kier molecular flexibility index (Phi) is 5.22. The van der Waals surface area contributed by atoms with E-state index in [0.29, 0.717) is 17.1 Å². The summed E-state index contributed by atoms with van der Waals surface area (Å²) in [4.78, 5) is 4.13. The van der Waals surface area contributed by atoms with E-state index in [0.717, 1.165) is 12.1 Å². The molecule has 3 rings (SSSR count). The molecule has 0 aliphatic carbocycles. The molecule has 6 nitrogen and oxygen atoms in total. The highest BCUT2D eigenvalue weighted by molar-refractivity contribution is 5.55. The van der Waals surface area contributed by atoms with Crippen LogP contribution in [0.15, 0.2) is 47.0 Å². The van der Waals surface area contributed by atoms with Gasteiger partial charge < -0.3 is 14.0 Å². The molecule has 0 fully saturated rings. The van der Waals surface area contributed by atoms with Crippen LogP contribution in [0.5, 0.6) is 11.5 Å². The van der Waals surface area contributed by atoms with Crippen molar-refractivity contribution in [3.8, 4) is 29.0 Å². The second-order valence-electron chi connectivity index (χ2n) is 5.77. The van der Waals surface area contributed by atoms with Crippen molar-refractivity contribution >= 4 is 0 Å². The first-order valence-electron chi connectivity index (χ1n) is 8.08. The third kappa shape index (κ3) is 4.06. The van der Waals surface area contributed by atoms with E-state index in [1.54, 1.807) is 19.1 Å². The summed E-state index contributed by atoms with van der Waals surface area (Å²) in [5, 5.41) is 12.7. The van der Waals surface area contributed by atoms with Crippen LogP contribution in [-0.2, 0) is 6.18 Å². The lowest BCUT2D eigenvalue weighted by atomic mass is 10.1. The Morgan fingerprint density at radius 1 is 1.14 bits per heavy atom. The summed E-state index contributed by atoms with van der Waals surface area (Å²) >= 11 is 0. The molecular formula is C19H14F3N3O3. The van der Waals surface area contributed by atoms with E-state index in [1.165, 1.54) is 25.3 Å². The average Bonchev–Trinajstić information content (AvgIpc) is 3.18. The summed E-state index contributed by atoms with van der Waals surface area (Å²) in [6.45, 7) is 1.64. The largest absolute Gasteiger partial charge is 0.493 e. The number of methoxy groups -OCH3 is 1. The number of hydrogen-bond acceptors (Lipinski definition) is 6. The van der Waals surface area contributed by atoms with Gasteiger partial charge in [0.05, 0.1) is 24.3 Å². The maximum atomic E-state index is 12.9. The molecule has 0 radical (unpaired) electrons. The number of aromatic nitrogens is 2. The van der Waals surface area contributed by atoms with Gasteiger partial charge >= 0.3 is 6.18 Å². The molecule has 0 bridgehead atoms. The molecule has 1 aromatic heterocycles. The van der Waals surface area contributed by atoms with Crippen molar-refractivity contribution in [2.45, 2.75) is 19.2 Å². The van der Waals surface area contributed by atoms with Gasteiger partial charge in [-0.3, -0.25) is 0 Å². The first-order valence-corrected chi connectivity index (χ1v) is 8.08. The normalized spacial score (nSPS) is 12.3. The number of hydrogen-bond donors (Lipinski definition) is 0. The first-order chi connectivity index (χ1) is 13.3. The Bertz CT molecular complexity index is 1020. The van der Waals surface area contributed by atoms with Crippen LogP contribution >= 0.6 is 0 Å². The van der Waals surface area contributed by atoms with Crippen LogP contribution in [-0.4, -0.2) is 17.3 Å². The number of nitriles is 1. The maximum absolute atomic E-state index is 12.9. The van der Waals surface area contributed by atoms with Gasteiger partial charge in [0.25, 0.3) is 5.89 Å². The van der Waals surface area contributed by atoms with Crippen LogP contribution in [0.25, 0.3) is 11.4 Å². The molecule has 0 spiro atoms. The van der Waals surface area contributed by atoms with Crippen LogP contribution < -0.4 is 9.47 Å². The standard InChI is InChI=1S/C19H14F3N3O3/c1-11(27-15-7-6-12(10-23)8-16(15)26-2)18-24-17(25-28-18)13-4-3-5-14(9-13)19(20,21)22/h3-9,11H,1-2H3. The van der Waals surface area contributed by atoms with E-state index in [-0.39, 0.29) is 17.3 Å². The molecule has 0 aliphatic heterocycles. The monoisotopic (exact) mass is 389 g/mol. The van der Waals surface area contributed by atoms with E-state index in [4.69, 9.17) is 19.3 Å². The SMILES string of the molecule is COc1cc(C#N)ccc1OC(C)c1nc(-c2cccc(C(F)(F)F)c2)no1. The van der Waals surface area contributed by atoms with Gasteiger partial charge in [0.15, 0.2) is 17.6 Å². The van der Waals surface area contributed by atoms with E-state index >= 15 is 0 Å². The zero-order chi connectivity index (χ0) is 20.3. The van der Waals surface area contributed by atoms with Crippen molar-refractivity contribution in [3.63, 3.8) is 0 Å². The predicted octanol–water partition coefficient (Wildman–Crippen LogP) is 4.78. The third-order valence-corrected chi connectivity index (χ3v) is 3.83. The molecule has 9 heteroatoms. The molecule has 3 aromatic rings. The molecule has 0 saturated heterocycles.